The number of methoxy groups -OCH3 is 1. The second-order valence-corrected chi connectivity index (χ2v) is 5.45. The van der Waals surface area contributed by atoms with Gasteiger partial charge in [-0.2, -0.15) is 13.2 Å². The lowest BCUT2D eigenvalue weighted by Crippen LogP contribution is -2.30. The molecule has 0 aliphatic rings. The molecule has 0 fully saturated rings. The lowest BCUT2D eigenvalue weighted by atomic mass is 10.2. The fourth-order valence-electron chi connectivity index (χ4n) is 1.68. The molecule has 1 aromatic heterocycles. The third-order valence-corrected chi connectivity index (χ3v) is 4.03. The number of aromatic nitrogens is 3. The Morgan fingerprint density at radius 3 is 2.45 bits per heavy atom. The van der Waals surface area contributed by atoms with Crippen LogP contribution in [0.2, 0.25) is 0 Å². The topological polar surface area (TPSA) is 60.2 Å². The van der Waals surface area contributed by atoms with Gasteiger partial charge in [0.2, 0.25) is 0 Å². The zero-order valence-electron chi connectivity index (χ0n) is 11.8. The minimum Gasteiger partial charge on any atom is -0.497 e. The summed E-state index contributed by atoms with van der Waals surface area (Å²) in [5, 5.41) is 17.1. The number of hydrogen-bond donors (Lipinski definition) is 1. The lowest BCUT2D eigenvalue weighted by Gasteiger charge is -2.13. The van der Waals surface area contributed by atoms with Gasteiger partial charge in [-0.1, -0.05) is 11.8 Å². The number of aliphatic hydroxyl groups is 1. The number of rotatable bonds is 5. The molecule has 22 heavy (non-hydrogen) atoms. The Hall–Kier alpha value is -1.74. The van der Waals surface area contributed by atoms with E-state index >= 15 is 0 Å². The largest absolute Gasteiger partial charge is 0.497 e. The quantitative estimate of drug-likeness (QED) is 0.852. The highest BCUT2D eigenvalue weighted by Crippen LogP contribution is 2.28. The van der Waals surface area contributed by atoms with E-state index in [4.69, 9.17) is 9.84 Å². The van der Waals surface area contributed by atoms with Gasteiger partial charge in [-0.05, 0) is 24.3 Å². The fourth-order valence-corrected chi connectivity index (χ4v) is 2.55. The Bertz CT molecular complexity index is 628. The number of aliphatic hydroxyl groups excluding tert-OH is 1. The van der Waals surface area contributed by atoms with E-state index in [9.17, 15) is 13.2 Å². The zero-order chi connectivity index (χ0) is 16.3. The van der Waals surface area contributed by atoms with Crippen LogP contribution in [0.4, 0.5) is 13.2 Å². The summed E-state index contributed by atoms with van der Waals surface area (Å²) in [4.78, 5) is 0. The van der Waals surface area contributed by atoms with Crippen molar-refractivity contribution in [3.63, 3.8) is 0 Å². The Kier molecular flexibility index (Phi) is 4.97. The highest BCUT2D eigenvalue weighted by atomic mass is 32.2. The predicted molar refractivity (Wildman–Crippen MR) is 75.8 cm³/mol. The summed E-state index contributed by atoms with van der Waals surface area (Å²) in [5.41, 5.74) is 0.763. The van der Waals surface area contributed by atoms with E-state index < -0.39 is 18.0 Å². The second-order valence-electron chi connectivity index (χ2n) is 4.46. The summed E-state index contributed by atoms with van der Waals surface area (Å²) in [7, 11) is 3.21. The van der Waals surface area contributed by atoms with Gasteiger partial charge in [-0.15, -0.1) is 10.2 Å². The van der Waals surface area contributed by atoms with Crippen LogP contribution in [0.25, 0.3) is 11.4 Å². The average Bonchev–Trinajstić information content (AvgIpc) is 2.85. The molecule has 0 saturated carbocycles. The average molecular weight is 333 g/mol. The number of halogens is 3. The van der Waals surface area contributed by atoms with Gasteiger partial charge in [0, 0.05) is 18.4 Å². The van der Waals surface area contributed by atoms with E-state index in [0.29, 0.717) is 16.7 Å². The van der Waals surface area contributed by atoms with Crippen LogP contribution in [0.5, 0.6) is 5.75 Å². The first-order chi connectivity index (χ1) is 10.3. The Morgan fingerprint density at radius 1 is 1.27 bits per heavy atom. The van der Waals surface area contributed by atoms with Gasteiger partial charge in [0.1, 0.15) is 5.75 Å². The molecule has 1 heterocycles. The van der Waals surface area contributed by atoms with Crippen LogP contribution in [0.3, 0.4) is 0 Å². The van der Waals surface area contributed by atoms with E-state index in [1.165, 1.54) is 0 Å². The number of benzene rings is 1. The molecule has 0 aliphatic heterocycles. The van der Waals surface area contributed by atoms with Crippen molar-refractivity contribution < 1.29 is 23.0 Å². The standard InChI is InChI=1S/C13H14F3N3O2S/c1-19-11(8-3-5-9(21-2)6-4-8)17-18-12(19)22-7-10(20)13(14,15)16/h3-6,10,20H,7H2,1-2H3. The predicted octanol–water partition coefficient (Wildman–Crippen LogP) is 2.51. The molecule has 0 bridgehead atoms. The molecule has 0 saturated heterocycles. The van der Waals surface area contributed by atoms with Crippen molar-refractivity contribution >= 4 is 11.8 Å². The molecular weight excluding hydrogens is 319 g/mol. The minimum atomic E-state index is -4.63. The fraction of sp³-hybridized carbons (Fsp3) is 0.385. The highest BCUT2D eigenvalue weighted by molar-refractivity contribution is 7.99. The van der Waals surface area contributed by atoms with Crippen LogP contribution in [0, 0.1) is 0 Å². The molecule has 1 aromatic carbocycles. The second kappa shape index (κ2) is 6.57. The summed E-state index contributed by atoms with van der Waals surface area (Å²) in [6, 6.07) is 7.07. The van der Waals surface area contributed by atoms with Crippen molar-refractivity contribution in [2.24, 2.45) is 7.05 Å². The molecule has 2 aromatic rings. The Labute approximate surface area is 129 Å². The van der Waals surface area contributed by atoms with Crippen LogP contribution in [-0.4, -0.2) is 45.0 Å². The van der Waals surface area contributed by atoms with E-state index in [-0.39, 0.29) is 0 Å². The van der Waals surface area contributed by atoms with Gasteiger partial charge >= 0.3 is 6.18 Å². The first-order valence-electron chi connectivity index (χ1n) is 6.24. The maximum atomic E-state index is 12.3. The van der Waals surface area contributed by atoms with E-state index in [1.54, 1.807) is 43.0 Å². The van der Waals surface area contributed by atoms with Crippen molar-refractivity contribution in [1.82, 2.24) is 14.8 Å². The zero-order valence-corrected chi connectivity index (χ0v) is 12.6. The van der Waals surface area contributed by atoms with Crippen LogP contribution < -0.4 is 4.74 Å². The van der Waals surface area contributed by atoms with Crippen LogP contribution in [0.15, 0.2) is 29.4 Å². The molecule has 2 rings (SSSR count). The van der Waals surface area contributed by atoms with Crippen molar-refractivity contribution in [2.75, 3.05) is 12.9 Å². The molecule has 1 N–H and O–H groups in total. The number of alkyl halides is 3. The molecule has 9 heteroatoms. The molecule has 0 radical (unpaired) electrons. The SMILES string of the molecule is COc1ccc(-c2nnc(SCC(O)C(F)(F)F)n2C)cc1. The number of thioether (sulfide) groups is 1. The van der Waals surface area contributed by atoms with E-state index in [0.717, 1.165) is 17.3 Å². The summed E-state index contributed by atoms with van der Waals surface area (Å²) in [6.07, 6.45) is -7.02. The monoisotopic (exact) mass is 333 g/mol. The number of ether oxygens (including phenoxy) is 1. The van der Waals surface area contributed by atoms with Gasteiger partial charge in [0.05, 0.1) is 7.11 Å². The highest BCUT2D eigenvalue weighted by Gasteiger charge is 2.38. The summed E-state index contributed by atoms with van der Waals surface area (Å²) < 4.78 is 43.5. The molecule has 0 spiro atoms. The van der Waals surface area contributed by atoms with E-state index in [2.05, 4.69) is 10.2 Å². The molecule has 0 aliphatic carbocycles. The summed E-state index contributed by atoms with van der Waals surface area (Å²) in [6.45, 7) is 0. The third kappa shape index (κ3) is 3.72. The number of nitrogens with zero attached hydrogens (tertiary/aromatic N) is 3. The van der Waals surface area contributed by atoms with Crippen molar-refractivity contribution in [3.8, 4) is 17.1 Å². The lowest BCUT2D eigenvalue weighted by molar-refractivity contribution is -0.195. The van der Waals surface area contributed by atoms with Crippen molar-refractivity contribution in [2.45, 2.75) is 17.4 Å². The van der Waals surface area contributed by atoms with Gasteiger partial charge in [-0.25, -0.2) is 0 Å². The normalized spacial score (nSPS) is 13.2. The first kappa shape index (κ1) is 16.6. The van der Waals surface area contributed by atoms with Gasteiger partial charge in [-0.3, -0.25) is 0 Å². The summed E-state index contributed by atoms with van der Waals surface area (Å²) in [5.74, 6) is 0.679. The van der Waals surface area contributed by atoms with Crippen LogP contribution in [0.1, 0.15) is 0 Å². The van der Waals surface area contributed by atoms with Crippen molar-refractivity contribution in [3.05, 3.63) is 24.3 Å². The molecule has 0 amide bonds. The smallest absolute Gasteiger partial charge is 0.415 e. The Balaban J connectivity index is 2.12. The van der Waals surface area contributed by atoms with Gasteiger partial charge < -0.3 is 14.4 Å². The van der Waals surface area contributed by atoms with Crippen molar-refractivity contribution in [1.29, 1.82) is 0 Å². The molecule has 5 nitrogen and oxygen atoms in total. The number of hydrogen-bond acceptors (Lipinski definition) is 5. The van der Waals surface area contributed by atoms with Crippen LogP contribution in [-0.2, 0) is 7.05 Å². The first-order valence-corrected chi connectivity index (χ1v) is 7.23. The summed E-state index contributed by atoms with van der Waals surface area (Å²) >= 11 is 0.800. The van der Waals surface area contributed by atoms with E-state index in [1.807, 2.05) is 0 Å². The molecule has 1 atom stereocenters. The van der Waals surface area contributed by atoms with Gasteiger partial charge in [0.25, 0.3) is 0 Å². The van der Waals surface area contributed by atoms with Crippen LogP contribution >= 0.6 is 11.8 Å². The van der Waals surface area contributed by atoms with Gasteiger partial charge in [0.15, 0.2) is 17.1 Å². The Morgan fingerprint density at radius 2 is 1.91 bits per heavy atom. The molecular formula is C13H14F3N3O2S. The molecule has 120 valence electrons. The minimum absolute atomic E-state index is 0.300. The maximum absolute atomic E-state index is 12.3. The maximum Gasteiger partial charge on any atom is 0.415 e. The molecule has 1 unspecified atom stereocenters. The third-order valence-electron chi connectivity index (χ3n) is 2.93.